The zero-order chi connectivity index (χ0) is 18.1. The van der Waals surface area contributed by atoms with Crippen molar-refractivity contribution in [2.75, 3.05) is 11.9 Å². The van der Waals surface area contributed by atoms with E-state index in [1.165, 1.54) is 0 Å². The predicted octanol–water partition coefficient (Wildman–Crippen LogP) is 5.19. The first-order valence-corrected chi connectivity index (χ1v) is 8.73. The third-order valence-corrected chi connectivity index (χ3v) is 3.79. The lowest BCUT2D eigenvalue weighted by atomic mass is 10.2. The van der Waals surface area contributed by atoms with Crippen molar-refractivity contribution in [3.63, 3.8) is 0 Å². The summed E-state index contributed by atoms with van der Waals surface area (Å²) in [6, 6.07) is 14.8. The van der Waals surface area contributed by atoms with Gasteiger partial charge in [0.15, 0.2) is 11.5 Å². The number of amides is 2. The number of urea groups is 1. The summed E-state index contributed by atoms with van der Waals surface area (Å²) in [4.78, 5) is 12.1. The molecule has 5 heteroatoms. The largest absolute Gasteiger partial charge is 0.490 e. The van der Waals surface area contributed by atoms with E-state index in [9.17, 15) is 4.79 Å². The Labute approximate surface area is 149 Å². The number of rotatable bonds is 8. The van der Waals surface area contributed by atoms with Crippen LogP contribution in [0.5, 0.6) is 17.2 Å². The molecule has 2 rings (SSSR count). The van der Waals surface area contributed by atoms with Crippen LogP contribution in [0, 0.1) is 0 Å². The molecule has 0 heterocycles. The van der Waals surface area contributed by atoms with E-state index in [0.717, 1.165) is 18.6 Å². The Morgan fingerprint density at radius 2 is 1.72 bits per heavy atom. The van der Waals surface area contributed by atoms with E-state index in [1.807, 2.05) is 37.3 Å². The van der Waals surface area contributed by atoms with E-state index >= 15 is 0 Å². The Morgan fingerprint density at radius 1 is 1.00 bits per heavy atom. The minimum Gasteiger partial charge on any atom is -0.490 e. The van der Waals surface area contributed by atoms with E-state index in [-0.39, 0.29) is 12.1 Å². The van der Waals surface area contributed by atoms with Crippen LogP contribution in [-0.4, -0.2) is 18.7 Å². The summed E-state index contributed by atoms with van der Waals surface area (Å²) in [5.41, 5.74) is 0.660. The number of hydrogen-bond donors (Lipinski definition) is 2. The van der Waals surface area contributed by atoms with Gasteiger partial charge in [-0.15, -0.1) is 0 Å². The van der Waals surface area contributed by atoms with Crippen LogP contribution in [0.15, 0.2) is 48.5 Å². The van der Waals surface area contributed by atoms with Gasteiger partial charge < -0.3 is 20.1 Å². The molecule has 0 aliphatic carbocycles. The molecule has 0 spiro atoms. The molecule has 0 aliphatic rings. The lowest BCUT2D eigenvalue weighted by Crippen LogP contribution is -2.37. The second-order valence-electron chi connectivity index (χ2n) is 5.62. The Hall–Kier alpha value is -2.69. The van der Waals surface area contributed by atoms with Crippen molar-refractivity contribution in [1.82, 2.24) is 5.32 Å². The van der Waals surface area contributed by atoms with Crippen LogP contribution in [0.25, 0.3) is 0 Å². The van der Waals surface area contributed by atoms with Crippen molar-refractivity contribution >= 4 is 11.7 Å². The quantitative estimate of drug-likeness (QED) is 0.694. The van der Waals surface area contributed by atoms with Gasteiger partial charge in [-0.05, 0) is 44.0 Å². The van der Waals surface area contributed by atoms with Gasteiger partial charge in [0.1, 0.15) is 5.75 Å². The van der Waals surface area contributed by atoms with E-state index < -0.39 is 0 Å². The van der Waals surface area contributed by atoms with Crippen LogP contribution < -0.4 is 20.1 Å². The Balaban J connectivity index is 2.10. The minimum atomic E-state index is -0.215. The van der Waals surface area contributed by atoms with Crippen molar-refractivity contribution < 1.29 is 14.3 Å². The maximum absolute atomic E-state index is 12.1. The summed E-state index contributed by atoms with van der Waals surface area (Å²) in [5, 5.41) is 5.79. The number of benzene rings is 2. The monoisotopic (exact) mass is 342 g/mol. The highest BCUT2D eigenvalue weighted by molar-refractivity contribution is 5.89. The molecule has 0 aromatic heterocycles. The van der Waals surface area contributed by atoms with Crippen molar-refractivity contribution in [3.05, 3.63) is 48.5 Å². The molecule has 25 heavy (non-hydrogen) atoms. The molecule has 2 amide bonds. The first-order valence-electron chi connectivity index (χ1n) is 8.73. The first-order chi connectivity index (χ1) is 12.2. The summed E-state index contributed by atoms with van der Waals surface area (Å²) in [6.45, 7) is 6.52. The lowest BCUT2D eigenvalue weighted by molar-refractivity contribution is 0.247. The van der Waals surface area contributed by atoms with Gasteiger partial charge in [0, 0.05) is 17.8 Å². The third-order valence-electron chi connectivity index (χ3n) is 3.79. The van der Waals surface area contributed by atoms with Gasteiger partial charge in [-0.3, -0.25) is 0 Å². The molecule has 0 saturated heterocycles. The lowest BCUT2D eigenvalue weighted by Gasteiger charge is -2.17. The van der Waals surface area contributed by atoms with Crippen LogP contribution in [0.1, 0.15) is 33.6 Å². The molecular formula is C20H26N2O3. The second kappa shape index (κ2) is 9.57. The van der Waals surface area contributed by atoms with Crippen molar-refractivity contribution in [2.45, 2.75) is 39.7 Å². The molecule has 0 fully saturated rings. The maximum Gasteiger partial charge on any atom is 0.319 e. The van der Waals surface area contributed by atoms with E-state index in [0.29, 0.717) is 23.8 Å². The normalized spacial score (nSPS) is 10.4. The fourth-order valence-corrected chi connectivity index (χ4v) is 2.40. The molecule has 0 radical (unpaired) electrons. The fraction of sp³-hybridized carbons (Fsp3) is 0.350. The first kappa shape index (κ1) is 18.6. The maximum atomic E-state index is 12.1. The average molecular weight is 342 g/mol. The number of nitrogens with one attached hydrogen (secondary N) is 2. The summed E-state index contributed by atoms with van der Waals surface area (Å²) in [6.07, 6.45) is 1.80. The van der Waals surface area contributed by atoms with Crippen molar-refractivity contribution in [2.24, 2.45) is 0 Å². The highest BCUT2D eigenvalue weighted by atomic mass is 16.5. The van der Waals surface area contributed by atoms with Crippen LogP contribution in [0.2, 0.25) is 0 Å². The smallest absolute Gasteiger partial charge is 0.319 e. The molecule has 0 atom stereocenters. The van der Waals surface area contributed by atoms with Crippen LogP contribution >= 0.6 is 0 Å². The third kappa shape index (κ3) is 5.71. The molecule has 0 saturated carbocycles. The molecule has 0 bridgehead atoms. The number of hydrogen-bond acceptors (Lipinski definition) is 3. The molecule has 0 unspecified atom stereocenters. The summed E-state index contributed by atoms with van der Waals surface area (Å²) in [5.74, 6) is 1.93. The summed E-state index contributed by atoms with van der Waals surface area (Å²) >= 11 is 0. The standard InChI is InChI=1S/C20H26N2O3/c1-4-15(5-2)21-20(23)22-16-12-13-18(19(14-16)24-6-3)25-17-10-8-7-9-11-17/h7-15H,4-6H2,1-3H3,(H2,21,22,23). The summed E-state index contributed by atoms with van der Waals surface area (Å²) < 4.78 is 11.5. The van der Waals surface area contributed by atoms with E-state index in [1.54, 1.807) is 18.2 Å². The zero-order valence-corrected chi connectivity index (χ0v) is 15.0. The predicted molar refractivity (Wildman–Crippen MR) is 101 cm³/mol. The number of anilines is 1. The van der Waals surface area contributed by atoms with Gasteiger partial charge in [0.25, 0.3) is 0 Å². The fourth-order valence-electron chi connectivity index (χ4n) is 2.40. The average Bonchev–Trinajstić information content (AvgIpc) is 2.63. The Bertz CT molecular complexity index is 670. The minimum absolute atomic E-state index is 0.173. The number of ether oxygens (including phenoxy) is 2. The molecule has 134 valence electrons. The SMILES string of the molecule is CCOc1cc(NC(=O)NC(CC)CC)ccc1Oc1ccccc1. The van der Waals surface area contributed by atoms with Crippen molar-refractivity contribution in [1.29, 1.82) is 0 Å². The van der Waals surface area contributed by atoms with Gasteiger partial charge in [-0.1, -0.05) is 32.0 Å². The van der Waals surface area contributed by atoms with Crippen molar-refractivity contribution in [3.8, 4) is 17.2 Å². The van der Waals surface area contributed by atoms with Gasteiger partial charge in [0.2, 0.25) is 0 Å². The Kier molecular flexibility index (Phi) is 7.14. The van der Waals surface area contributed by atoms with Crippen LogP contribution in [-0.2, 0) is 0 Å². The van der Waals surface area contributed by atoms with Gasteiger partial charge in [-0.25, -0.2) is 4.79 Å². The molecule has 2 aromatic rings. The second-order valence-corrected chi connectivity index (χ2v) is 5.62. The van der Waals surface area contributed by atoms with E-state index in [4.69, 9.17) is 9.47 Å². The van der Waals surface area contributed by atoms with Gasteiger partial charge >= 0.3 is 6.03 Å². The highest BCUT2D eigenvalue weighted by Crippen LogP contribution is 2.34. The zero-order valence-electron chi connectivity index (χ0n) is 15.0. The number of carbonyl (C=O) groups is 1. The molecule has 2 N–H and O–H groups in total. The number of para-hydroxylation sites is 1. The van der Waals surface area contributed by atoms with E-state index in [2.05, 4.69) is 24.5 Å². The molecule has 2 aromatic carbocycles. The Morgan fingerprint density at radius 3 is 2.36 bits per heavy atom. The van der Waals surface area contributed by atoms with Crippen LogP contribution in [0.3, 0.4) is 0 Å². The number of carbonyl (C=O) groups excluding carboxylic acids is 1. The van der Waals surface area contributed by atoms with Gasteiger partial charge in [-0.2, -0.15) is 0 Å². The molecule has 5 nitrogen and oxygen atoms in total. The van der Waals surface area contributed by atoms with Gasteiger partial charge in [0.05, 0.1) is 6.61 Å². The van der Waals surface area contributed by atoms with Crippen LogP contribution in [0.4, 0.5) is 10.5 Å². The highest BCUT2D eigenvalue weighted by Gasteiger charge is 2.11. The molecule has 0 aliphatic heterocycles. The summed E-state index contributed by atoms with van der Waals surface area (Å²) in [7, 11) is 0. The topological polar surface area (TPSA) is 59.6 Å². The molecular weight excluding hydrogens is 316 g/mol.